The lowest BCUT2D eigenvalue weighted by molar-refractivity contribution is -0.348. The first kappa shape index (κ1) is 26.0. The number of anilines is 1. The fourth-order valence-electron chi connectivity index (χ4n) is 3.04. The van der Waals surface area contributed by atoms with Crippen molar-refractivity contribution in [3.05, 3.63) is 68.9 Å². The van der Waals surface area contributed by atoms with Crippen LogP contribution in [0.1, 0.15) is 21.5 Å². The molecule has 1 N–H and O–H groups in total. The van der Waals surface area contributed by atoms with Crippen LogP contribution in [0.5, 0.6) is 0 Å². The van der Waals surface area contributed by atoms with Crippen molar-refractivity contribution in [2.45, 2.75) is 24.2 Å². The number of nitrogens with one attached hydrogen (secondary N) is 1. The zero-order valence-electron chi connectivity index (χ0n) is 16.1. The number of aromatic nitrogens is 1. The molecule has 3 rings (SSSR count). The number of alkyl halides is 10. The average Bonchev–Trinajstić information content (AvgIpc) is 2.71. The van der Waals surface area contributed by atoms with Gasteiger partial charge in [-0.3, -0.25) is 9.78 Å². The second-order valence-corrected chi connectivity index (χ2v) is 8.06. The number of amides is 1. The van der Waals surface area contributed by atoms with E-state index in [-0.39, 0.29) is 11.6 Å². The third-order valence-corrected chi connectivity index (χ3v) is 5.53. The molecule has 0 saturated carbocycles. The number of pyridine rings is 1. The van der Waals surface area contributed by atoms with Gasteiger partial charge in [0.25, 0.3) is 5.91 Å². The zero-order chi connectivity index (χ0) is 25.7. The Labute approximate surface area is 197 Å². The highest BCUT2D eigenvalue weighted by molar-refractivity contribution is 14.1. The van der Waals surface area contributed by atoms with E-state index in [0.717, 1.165) is 22.6 Å². The van der Waals surface area contributed by atoms with Crippen LogP contribution < -0.4 is 5.32 Å². The fourth-order valence-corrected chi connectivity index (χ4v) is 3.80. The van der Waals surface area contributed by atoms with Gasteiger partial charge in [-0.25, -0.2) is 4.39 Å². The van der Waals surface area contributed by atoms with Gasteiger partial charge in [-0.1, -0.05) is 12.1 Å². The van der Waals surface area contributed by atoms with E-state index in [0.29, 0.717) is 10.9 Å². The molecule has 1 amide bonds. The number of carbonyl (C=O) groups is 1. The van der Waals surface area contributed by atoms with Crippen molar-refractivity contribution in [2.75, 3.05) is 5.32 Å². The first-order valence-corrected chi connectivity index (χ1v) is 9.94. The molecule has 0 bridgehead atoms. The molecule has 34 heavy (non-hydrogen) atoms. The maximum Gasteiger partial charge on any atom is 0.435 e. The summed E-state index contributed by atoms with van der Waals surface area (Å²) in [7, 11) is 0. The van der Waals surface area contributed by atoms with Crippen molar-refractivity contribution < 1.29 is 48.7 Å². The van der Waals surface area contributed by atoms with Crippen LogP contribution in [-0.2, 0) is 11.8 Å². The Balaban J connectivity index is 2.14. The van der Waals surface area contributed by atoms with E-state index < -0.39 is 56.6 Å². The number of fused-ring (bicyclic) bond motifs is 1. The van der Waals surface area contributed by atoms with Gasteiger partial charge in [-0.15, -0.1) is 0 Å². The Morgan fingerprint density at radius 3 is 2.03 bits per heavy atom. The molecule has 0 aliphatic carbocycles. The summed E-state index contributed by atoms with van der Waals surface area (Å²) < 4.78 is 133. The molecule has 2 aromatic carbocycles. The minimum atomic E-state index is -6.61. The van der Waals surface area contributed by atoms with E-state index in [1.165, 1.54) is 24.4 Å². The lowest BCUT2D eigenvalue weighted by Gasteiger charge is -2.31. The summed E-state index contributed by atoms with van der Waals surface area (Å²) in [6.45, 7) is 0. The monoisotopic (exact) mass is 610 g/mol. The molecule has 3 aromatic rings. The van der Waals surface area contributed by atoms with E-state index in [4.69, 9.17) is 0 Å². The molecule has 0 spiro atoms. The first-order valence-electron chi connectivity index (χ1n) is 8.86. The summed E-state index contributed by atoms with van der Waals surface area (Å²) in [5.74, 6) is -1.15. The molecule has 0 aliphatic rings. The Morgan fingerprint density at radius 1 is 0.853 bits per heavy atom. The fraction of sp³-hybridized carbons (Fsp3) is 0.200. The second kappa shape index (κ2) is 8.53. The molecule has 0 atom stereocenters. The van der Waals surface area contributed by atoms with Gasteiger partial charge in [-0.05, 0) is 52.9 Å². The minimum absolute atomic E-state index is 0.0473. The van der Waals surface area contributed by atoms with E-state index in [1.54, 1.807) is 12.1 Å². The number of hydrogen-bond donors (Lipinski definition) is 1. The number of hydrogen-bond acceptors (Lipinski definition) is 2. The first-order chi connectivity index (χ1) is 15.5. The lowest BCUT2D eigenvalue weighted by Crippen LogP contribution is -2.50. The third-order valence-electron chi connectivity index (χ3n) is 4.68. The summed E-state index contributed by atoms with van der Waals surface area (Å²) in [6.07, 6.45) is -17.4. The van der Waals surface area contributed by atoms with E-state index in [9.17, 15) is 48.7 Å². The predicted octanol–water partition coefficient (Wildman–Crippen LogP) is 7.40. The Hall–Kier alpha value is -2.65. The normalized spacial score (nSPS) is 13.3. The topological polar surface area (TPSA) is 42.0 Å². The van der Waals surface area contributed by atoms with Crippen LogP contribution in [0.4, 0.5) is 49.6 Å². The molecular formula is C20H9F10IN2O. The summed E-state index contributed by atoms with van der Waals surface area (Å²) in [5.41, 5.74) is -11.5. The highest BCUT2D eigenvalue weighted by Crippen LogP contribution is 2.54. The zero-order valence-corrected chi connectivity index (χ0v) is 18.3. The van der Waals surface area contributed by atoms with Crippen LogP contribution in [0, 0.1) is 3.57 Å². The average molecular weight is 610 g/mol. The standard InChI is InChI=1S/C20H9F10IN2O/c21-17(19(25,26)27,20(28,29)30)11-7-12(18(22,23)24)15(13(31)8-11)33-16(34)10-4-3-9-2-1-5-32-14(9)6-10/h1-8H,(H,33,34). The number of nitrogens with zero attached hydrogens (tertiary/aromatic N) is 1. The smallest absolute Gasteiger partial charge is 0.320 e. The van der Waals surface area contributed by atoms with Gasteiger partial charge in [-0.2, -0.15) is 39.5 Å². The lowest BCUT2D eigenvalue weighted by atomic mass is 9.92. The Morgan fingerprint density at radius 2 is 1.47 bits per heavy atom. The third kappa shape index (κ3) is 4.63. The molecule has 182 valence electrons. The van der Waals surface area contributed by atoms with E-state index >= 15 is 0 Å². The van der Waals surface area contributed by atoms with E-state index in [1.807, 2.05) is 5.32 Å². The molecule has 0 saturated heterocycles. The summed E-state index contributed by atoms with van der Waals surface area (Å²) in [5, 5.41) is 2.43. The van der Waals surface area contributed by atoms with Crippen molar-refractivity contribution in [1.82, 2.24) is 4.98 Å². The highest BCUT2D eigenvalue weighted by Gasteiger charge is 2.73. The molecule has 0 fully saturated rings. The van der Waals surface area contributed by atoms with Gasteiger partial charge in [0.05, 0.1) is 16.8 Å². The van der Waals surface area contributed by atoms with Crippen molar-refractivity contribution in [1.29, 1.82) is 0 Å². The second-order valence-electron chi connectivity index (χ2n) is 6.90. The van der Waals surface area contributed by atoms with Crippen molar-refractivity contribution in [3.63, 3.8) is 0 Å². The molecule has 0 unspecified atom stereocenters. The van der Waals surface area contributed by atoms with Crippen LogP contribution in [-0.4, -0.2) is 23.2 Å². The largest absolute Gasteiger partial charge is 0.435 e. The van der Waals surface area contributed by atoms with Crippen LogP contribution in [0.15, 0.2) is 48.7 Å². The molecule has 14 heteroatoms. The predicted molar refractivity (Wildman–Crippen MR) is 109 cm³/mol. The van der Waals surface area contributed by atoms with Crippen LogP contribution in [0.25, 0.3) is 10.9 Å². The van der Waals surface area contributed by atoms with Gasteiger partial charge in [0.1, 0.15) is 0 Å². The van der Waals surface area contributed by atoms with Gasteiger partial charge < -0.3 is 5.32 Å². The van der Waals surface area contributed by atoms with E-state index in [2.05, 4.69) is 4.98 Å². The summed E-state index contributed by atoms with van der Waals surface area (Å²) >= 11 is 0.987. The number of carbonyl (C=O) groups excluding carboxylic acids is 1. The molecule has 1 heterocycles. The summed E-state index contributed by atoms with van der Waals surface area (Å²) in [4.78, 5) is 16.5. The Bertz CT molecular complexity index is 1240. The summed E-state index contributed by atoms with van der Waals surface area (Å²) in [6, 6.07) is 6.45. The van der Waals surface area contributed by atoms with Gasteiger partial charge in [0.15, 0.2) is 0 Å². The quantitative estimate of drug-likeness (QED) is 0.248. The van der Waals surface area contributed by atoms with Crippen molar-refractivity contribution in [2.24, 2.45) is 0 Å². The van der Waals surface area contributed by atoms with Gasteiger partial charge in [0.2, 0.25) is 0 Å². The van der Waals surface area contributed by atoms with Gasteiger partial charge in [0, 0.05) is 26.3 Å². The molecular weight excluding hydrogens is 601 g/mol. The van der Waals surface area contributed by atoms with Gasteiger partial charge >= 0.3 is 24.2 Å². The van der Waals surface area contributed by atoms with Crippen molar-refractivity contribution in [3.8, 4) is 0 Å². The maximum atomic E-state index is 14.4. The number of benzene rings is 2. The molecule has 0 radical (unpaired) electrons. The van der Waals surface area contributed by atoms with Crippen LogP contribution in [0.3, 0.4) is 0 Å². The number of halogens is 11. The van der Waals surface area contributed by atoms with Crippen molar-refractivity contribution >= 4 is 45.1 Å². The minimum Gasteiger partial charge on any atom is -0.320 e. The van der Waals surface area contributed by atoms with Crippen LogP contribution >= 0.6 is 22.6 Å². The molecule has 1 aromatic heterocycles. The van der Waals surface area contributed by atoms with Crippen LogP contribution in [0.2, 0.25) is 0 Å². The Kier molecular flexibility index (Phi) is 6.52. The maximum absolute atomic E-state index is 14.4. The SMILES string of the molecule is O=C(Nc1c(I)cc(C(F)(C(F)(F)F)C(F)(F)F)cc1C(F)(F)F)c1ccc2cccnc2c1. The molecule has 0 aliphatic heterocycles. The molecule has 3 nitrogen and oxygen atoms in total. The number of rotatable bonds is 3. The highest BCUT2D eigenvalue weighted by atomic mass is 127.